The molecule has 0 aliphatic heterocycles. The molecule has 5 atom stereocenters. The predicted octanol–water partition coefficient (Wildman–Crippen LogP) is -3.33. The van der Waals surface area contributed by atoms with Crippen molar-refractivity contribution in [3.8, 4) is 0 Å². The lowest BCUT2D eigenvalue weighted by Gasteiger charge is -2.26. The van der Waals surface area contributed by atoms with Gasteiger partial charge >= 0.3 is 0 Å². The molecule has 0 aliphatic rings. The van der Waals surface area contributed by atoms with Crippen LogP contribution in [0.4, 0.5) is 0 Å². The highest BCUT2D eigenvalue weighted by molar-refractivity contribution is 7.80. The fraction of sp³-hybridized carbons (Fsp3) is 1.00. The van der Waals surface area contributed by atoms with Crippen molar-refractivity contribution in [2.75, 3.05) is 6.61 Å². The molecular formula is C6H14O6S. The van der Waals surface area contributed by atoms with Gasteiger partial charge in [0.05, 0.1) is 6.61 Å². The quantitative estimate of drug-likeness (QED) is 0.190. The summed E-state index contributed by atoms with van der Waals surface area (Å²) >= 11 is 3.41. The van der Waals surface area contributed by atoms with Crippen molar-refractivity contribution in [3.05, 3.63) is 0 Å². The zero-order chi connectivity index (χ0) is 10.6. The molecule has 0 saturated heterocycles. The van der Waals surface area contributed by atoms with Gasteiger partial charge in [0.15, 0.2) is 0 Å². The second-order valence-corrected chi connectivity index (χ2v) is 3.16. The molecule has 0 saturated carbocycles. The lowest BCUT2D eigenvalue weighted by Crippen LogP contribution is -2.48. The molecular weight excluding hydrogens is 200 g/mol. The van der Waals surface area contributed by atoms with Crippen LogP contribution in [0.1, 0.15) is 0 Å². The van der Waals surface area contributed by atoms with E-state index in [1.54, 1.807) is 0 Å². The normalized spacial score (nSPS) is 23.3. The molecule has 0 aromatic heterocycles. The summed E-state index contributed by atoms with van der Waals surface area (Å²) in [5.41, 5.74) is -1.53. The Balaban J connectivity index is 4.15. The SMILES string of the molecule is OCC(O)C(O)C(O)C(O)C(O)S. The summed E-state index contributed by atoms with van der Waals surface area (Å²) in [5.74, 6) is 0. The molecule has 0 aliphatic carbocycles. The van der Waals surface area contributed by atoms with Crippen LogP contribution >= 0.6 is 12.6 Å². The highest BCUT2D eigenvalue weighted by Gasteiger charge is 2.32. The van der Waals surface area contributed by atoms with Gasteiger partial charge in [0.2, 0.25) is 0 Å². The molecule has 0 spiro atoms. The van der Waals surface area contributed by atoms with Crippen LogP contribution in [0, 0.1) is 0 Å². The van der Waals surface area contributed by atoms with E-state index < -0.39 is 36.5 Å². The summed E-state index contributed by atoms with van der Waals surface area (Å²) in [4.78, 5) is 0. The summed E-state index contributed by atoms with van der Waals surface area (Å²) < 4.78 is 0. The van der Waals surface area contributed by atoms with Gasteiger partial charge in [-0.25, -0.2) is 0 Å². The third-order valence-electron chi connectivity index (χ3n) is 1.59. The Morgan fingerprint density at radius 2 is 1.31 bits per heavy atom. The van der Waals surface area contributed by atoms with Gasteiger partial charge in [0.1, 0.15) is 29.9 Å². The average molecular weight is 214 g/mol. The second-order valence-electron chi connectivity index (χ2n) is 2.64. The summed E-state index contributed by atoms with van der Waals surface area (Å²) in [6.07, 6.45) is -6.77. The highest BCUT2D eigenvalue weighted by atomic mass is 32.1. The van der Waals surface area contributed by atoms with Crippen LogP contribution in [0.25, 0.3) is 0 Å². The van der Waals surface area contributed by atoms with E-state index in [0.717, 1.165) is 0 Å². The molecule has 0 rings (SSSR count). The molecule has 0 radical (unpaired) electrons. The van der Waals surface area contributed by atoms with E-state index in [4.69, 9.17) is 30.6 Å². The first-order valence-electron chi connectivity index (χ1n) is 3.61. The molecule has 0 bridgehead atoms. The van der Waals surface area contributed by atoms with Crippen molar-refractivity contribution in [2.24, 2.45) is 0 Å². The number of thiol groups is 1. The minimum atomic E-state index is -1.77. The second kappa shape index (κ2) is 5.76. The number of aliphatic hydroxyl groups is 6. The number of hydrogen-bond acceptors (Lipinski definition) is 7. The first kappa shape index (κ1) is 13.1. The Morgan fingerprint density at radius 1 is 0.846 bits per heavy atom. The Hall–Kier alpha value is 0.110. The topological polar surface area (TPSA) is 121 Å². The van der Waals surface area contributed by atoms with Crippen molar-refractivity contribution in [2.45, 2.75) is 29.9 Å². The molecule has 0 aromatic rings. The van der Waals surface area contributed by atoms with Crippen LogP contribution in [-0.4, -0.2) is 67.1 Å². The van der Waals surface area contributed by atoms with Crippen molar-refractivity contribution in [3.63, 3.8) is 0 Å². The number of aliphatic hydroxyl groups excluding tert-OH is 6. The monoisotopic (exact) mass is 214 g/mol. The van der Waals surface area contributed by atoms with Gasteiger partial charge in [-0.05, 0) is 0 Å². The number of hydrogen-bond donors (Lipinski definition) is 7. The standard InChI is InChI=1S/C6H14O6S/c7-1-2(8)3(9)4(10)5(11)6(12)13/h2-13H,1H2. The largest absolute Gasteiger partial charge is 0.394 e. The molecule has 13 heavy (non-hydrogen) atoms. The molecule has 0 amide bonds. The molecule has 6 N–H and O–H groups in total. The first-order valence-corrected chi connectivity index (χ1v) is 4.12. The van der Waals surface area contributed by atoms with E-state index in [-0.39, 0.29) is 0 Å². The van der Waals surface area contributed by atoms with Crippen LogP contribution in [-0.2, 0) is 0 Å². The van der Waals surface area contributed by atoms with Crippen LogP contribution < -0.4 is 0 Å². The van der Waals surface area contributed by atoms with E-state index in [1.165, 1.54) is 0 Å². The van der Waals surface area contributed by atoms with Gasteiger partial charge in [0.25, 0.3) is 0 Å². The Bertz CT molecular complexity index is 143. The Morgan fingerprint density at radius 3 is 1.62 bits per heavy atom. The maximum atomic E-state index is 9.08. The molecule has 0 heterocycles. The van der Waals surface area contributed by atoms with Gasteiger partial charge in [-0.15, -0.1) is 12.6 Å². The molecule has 6 nitrogen and oxygen atoms in total. The third kappa shape index (κ3) is 3.77. The molecule has 0 fully saturated rings. The zero-order valence-electron chi connectivity index (χ0n) is 6.72. The van der Waals surface area contributed by atoms with E-state index in [2.05, 4.69) is 12.6 Å². The maximum Gasteiger partial charge on any atom is 0.125 e. The summed E-state index contributed by atoms with van der Waals surface area (Å²) in [6, 6.07) is 0. The van der Waals surface area contributed by atoms with Crippen molar-refractivity contribution in [1.82, 2.24) is 0 Å². The minimum Gasteiger partial charge on any atom is -0.394 e. The van der Waals surface area contributed by atoms with Crippen LogP contribution in [0.3, 0.4) is 0 Å². The predicted molar refractivity (Wildman–Crippen MR) is 46.1 cm³/mol. The van der Waals surface area contributed by atoms with Crippen molar-refractivity contribution >= 4 is 12.6 Å². The van der Waals surface area contributed by atoms with Crippen molar-refractivity contribution < 1.29 is 30.6 Å². The highest BCUT2D eigenvalue weighted by Crippen LogP contribution is 2.09. The average Bonchev–Trinajstić information content (AvgIpc) is 2.12. The zero-order valence-corrected chi connectivity index (χ0v) is 7.62. The van der Waals surface area contributed by atoms with E-state index in [0.29, 0.717) is 0 Å². The first-order chi connectivity index (χ1) is 5.91. The van der Waals surface area contributed by atoms with Gasteiger partial charge < -0.3 is 30.6 Å². The van der Waals surface area contributed by atoms with Gasteiger partial charge in [0, 0.05) is 0 Å². The van der Waals surface area contributed by atoms with Crippen LogP contribution in [0.2, 0.25) is 0 Å². The summed E-state index contributed by atoms with van der Waals surface area (Å²) in [7, 11) is 0. The third-order valence-corrected chi connectivity index (χ3v) is 1.89. The summed E-state index contributed by atoms with van der Waals surface area (Å²) in [6.45, 7) is -0.756. The van der Waals surface area contributed by atoms with E-state index in [1.807, 2.05) is 0 Å². The summed E-state index contributed by atoms with van der Waals surface area (Å²) in [5, 5.41) is 53.0. The Labute approximate surface area is 80.5 Å². The van der Waals surface area contributed by atoms with Gasteiger partial charge in [-0.3, -0.25) is 0 Å². The molecule has 80 valence electrons. The molecule has 0 aromatic carbocycles. The van der Waals surface area contributed by atoms with Gasteiger partial charge in [-0.1, -0.05) is 0 Å². The lowest BCUT2D eigenvalue weighted by atomic mass is 10.0. The molecule has 5 unspecified atom stereocenters. The van der Waals surface area contributed by atoms with E-state index >= 15 is 0 Å². The van der Waals surface area contributed by atoms with E-state index in [9.17, 15) is 0 Å². The Kier molecular flexibility index (Phi) is 5.81. The smallest absolute Gasteiger partial charge is 0.125 e. The lowest BCUT2D eigenvalue weighted by molar-refractivity contribution is -0.127. The molecule has 7 heteroatoms. The maximum absolute atomic E-state index is 9.08. The van der Waals surface area contributed by atoms with Crippen LogP contribution in [0.5, 0.6) is 0 Å². The van der Waals surface area contributed by atoms with Crippen LogP contribution in [0.15, 0.2) is 0 Å². The fourth-order valence-electron chi connectivity index (χ4n) is 0.714. The van der Waals surface area contributed by atoms with Crippen molar-refractivity contribution in [1.29, 1.82) is 0 Å². The van der Waals surface area contributed by atoms with Gasteiger partial charge in [-0.2, -0.15) is 0 Å². The fourth-order valence-corrected chi connectivity index (χ4v) is 0.890. The number of rotatable bonds is 5. The minimum absolute atomic E-state index is 0.756.